The van der Waals surface area contributed by atoms with Crippen molar-refractivity contribution in [3.05, 3.63) is 40.9 Å². The molecule has 7 heteroatoms. The van der Waals surface area contributed by atoms with Gasteiger partial charge in [0.1, 0.15) is 0 Å². The number of likely N-dealkylation sites (N-methyl/N-ethyl adjacent to an activating group) is 1. The first-order chi connectivity index (χ1) is 13.0. The Morgan fingerprint density at radius 3 is 2.85 bits per heavy atom. The predicted octanol–water partition coefficient (Wildman–Crippen LogP) is 1.26. The number of fused-ring (bicyclic) bond motifs is 5. The number of hydrogen-bond acceptors (Lipinski definition) is 4. The predicted molar refractivity (Wildman–Crippen MR) is 101 cm³/mol. The van der Waals surface area contributed by atoms with Crippen molar-refractivity contribution in [3.8, 4) is 0 Å². The molecular weight excluding hydrogens is 344 g/mol. The third-order valence-corrected chi connectivity index (χ3v) is 5.84. The van der Waals surface area contributed by atoms with Crippen LogP contribution in [0.2, 0.25) is 0 Å². The number of rotatable bonds is 4. The van der Waals surface area contributed by atoms with Crippen LogP contribution in [0.25, 0.3) is 10.9 Å². The van der Waals surface area contributed by atoms with E-state index >= 15 is 0 Å². The number of amides is 2. The molecule has 3 saturated heterocycles. The third kappa shape index (κ3) is 3.34. The second kappa shape index (κ2) is 7.13. The minimum absolute atomic E-state index is 0.0648. The summed E-state index contributed by atoms with van der Waals surface area (Å²) in [6.07, 6.45) is 4.34. The van der Waals surface area contributed by atoms with Crippen LogP contribution in [0.15, 0.2) is 35.4 Å². The average Bonchev–Trinajstić information content (AvgIpc) is 2.97. The van der Waals surface area contributed by atoms with E-state index in [4.69, 9.17) is 0 Å². The Hall–Kier alpha value is -2.70. The van der Waals surface area contributed by atoms with Crippen LogP contribution < -0.4 is 5.56 Å². The lowest BCUT2D eigenvalue weighted by molar-refractivity contribution is -0.138. The molecule has 4 heterocycles. The van der Waals surface area contributed by atoms with Gasteiger partial charge < -0.3 is 9.80 Å². The summed E-state index contributed by atoms with van der Waals surface area (Å²) >= 11 is 0. The van der Waals surface area contributed by atoms with E-state index in [0.717, 1.165) is 12.8 Å². The van der Waals surface area contributed by atoms with Crippen molar-refractivity contribution in [2.75, 3.05) is 20.1 Å². The highest BCUT2D eigenvalue weighted by atomic mass is 16.2. The molecule has 3 aliphatic rings. The van der Waals surface area contributed by atoms with Crippen LogP contribution in [-0.4, -0.2) is 57.3 Å². The van der Waals surface area contributed by atoms with Gasteiger partial charge in [0.25, 0.3) is 5.56 Å². The molecule has 5 rings (SSSR count). The fraction of sp³-hybridized carbons (Fsp3) is 0.500. The standard InChI is InChI=1S/C20H24N4O3/c1-22-15-9-8-14(19(22)26)11-24(12-15)18(25)7-4-10-23-13-21-17-6-3-2-5-16(17)20(23)27/h2-3,5-6,13-15H,4,7-12H2,1H3/t14-,15+/m0/s1. The number of aryl methyl sites for hydroxylation is 1. The van der Waals surface area contributed by atoms with Crippen molar-refractivity contribution in [3.63, 3.8) is 0 Å². The van der Waals surface area contributed by atoms with Crippen LogP contribution in [0.3, 0.4) is 0 Å². The summed E-state index contributed by atoms with van der Waals surface area (Å²) in [6.45, 7) is 1.60. The van der Waals surface area contributed by atoms with Gasteiger partial charge in [-0.05, 0) is 31.4 Å². The summed E-state index contributed by atoms with van der Waals surface area (Å²) in [5.74, 6) is 0.164. The molecule has 0 saturated carbocycles. The minimum Gasteiger partial charge on any atom is -0.341 e. The van der Waals surface area contributed by atoms with Crippen molar-refractivity contribution in [2.45, 2.75) is 38.3 Å². The van der Waals surface area contributed by atoms with Gasteiger partial charge >= 0.3 is 0 Å². The second-order valence-corrected chi connectivity index (χ2v) is 7.54. The Kier molecular flexibility index (Phi) is 4.68. The number of nitrogens with zero attached hydrogens (tertiary/aromatic N) is 4. The van der Waals surface area contributed by atoms with Crippen molar-refractivity contribution < 1.29 is 9.59 Å². The van der Waals surface area contributed by atoms with E-state index in [1.807, 2.05) is 35.0 Å². The maximum absolute atomic E-state index is 12.7. The van der Waals surface area contributed by atoms with E-state index in [-0.39, 0.29) is 29.3 Å². The van der Waals surface area contributed by atoms with Gasteiger partial charge in [0, 0.05) is 39.1 Å². The maximum atomic E-state index is 12.7. The molecule has 2 aromatic rings. The van der Waals surface area contributed by atoms with Crippen LogP contribution in [-0.2, 0) is 16.1 Å². The number of benzene rings is 1. The van der Waals surface area contributed by atoms with Crippen LogP contribution in [0.1, 0.15) is 25.7 Å². The number of aromatic nitrogens is 2. The first kappa shape index (κ1) is 17.7. The second-order valence-electron chi connectivity index (χ2n) is 7.54. The normalized spacial score (nSPS) is 22.3. The van der Waals surface area contributed by atoms with Crippen LogP contribution in [0.4, 0.5) is 0 Å². The summed E-state index contributed by atoms with van der Waals surface area (Å²) in [5.41, 5.74) is 0.608. The zero-order valence-electron chi connectivity index (χ0n) is 15.5. The molecule has 142 valence electrons. The highest BCUT2D eigenvalue weighted by Crippen LogP contribution is 2.28. The maximum Gasteiger partial charge on any atom is 0.261 e. The Balaban J connectivity index is 1.38. The fourth-order valence-electron chi connectivity index (χ4n) is 4.18. The number of carbonyl (C=O) groups excluding carboxylic acids is 2. The van der Waals surface area contributed by atoms with E-state index in [1.165, 1.54) is 0 Å². The Labute approximate surface area is 157 Å². The third-order valence-electron chi connectivity index (χ3n) is 5.84. The molecule has 1 aromatic heterocycles. The lowest BCUT2D eigenvalue weighted by atomic mass is 9.95. The zero-order chi connectivity index (χ0) is 19.0. The summed E-state index contributed by atoms with van der Waals surface area (Å²) in [5, 5.41) is 0.594. The minimum atomic E-state index is -0.0758. The number of hydrogen-bond donors (Lipinski definition) is 0. The van der Waals surface area contributed by atoms with Gasteiger partial charge in [-0.25, -0.2) is 4.98 Å². The first-order valence-electron chi connectivity index (χ1n) is 9.53. The molecule has 2 amide bonds. The molecule has 27 heavy (non-hydrogen) atoms. The molecule has 0 spiro atoms. The van der Waals surface area contributed by atoms with E-state index in [1.54, 1.807) is 17.0 Å². The van der Waals surface area contributed by atoms with Gasteiger partial charge in [-0.3, -0.25) is 19.0 Å². The van der Waals surface area contributed by atoms with E-state index in [0.29, 0.717) is 43.4 Å². The highest BCUT2D eigenvalue weighted by molar-refractivity contribution is 5.83. The smallest absolute Gasteiger partial charge is 0.261 e. The van der Waals surface area contributed by atoms with Gasteiger partial charge in [0.05, 0.1) is 23.1 Å². The van der Waals surface area contributed by atoms with Gasteiger partial charge in [-0.15, -0.1) is 0 Å². The summed E-state index contributed by atoms with van der Waals surface area (Å²) in [7, 11) is 1.84. The lowest BCUT2D eigenvalue weighted by Crippen LogP contribution is -2.45. The molecule has 0 N–H and O–H groups in total. The molecule has 0 aliphatic carbocycles. The summed E-state index contributed by atoms with van der Waals surface area (Å²) in [6, 6.07) is 7.40. The fourth-order valence-corrected chi connectivity index (χ4v) is 4.18. The van der Waals surface area contributed by atoms with Crippen molar-refractivity contribution in [1.29, 1.82) is 0 Å². The van der Waals surface area contributed by atoms with E-state index in [2.05, 4.69) is 4.98 Å². The summed E-state index contributed by atoms with van der Waals surface area (Å²) in [4.78, 5) is 45.4. The first-order valence-corrected chi connectivity index (χ1v) is 9.53. The molecule has 0 radical (unpaired) electrons. The van der Waals surface area contributed by atoms with Crippen molar-refractivity contribution in [2.24, 2.45) is 5.92 Å². The largest absolute Gasteiger partial charge is 0.341 e. The van der Waals surface area contributed by atoms with E-state index in [9.17, 15) is 14.4 Å². The Morgan fingerprint density at radius 2 is 2.00 bits per heavy atom. The van der Waals surface area contributed by atoms with Gasteiger partial charge in [-0.1, -0.05) is 12.1 Å². The van der Waals surface area contributed by atoms with Crippen LogP contribution in [0.5, 0.6) is 0 Å². The van der Waals surface area contributed by atoms with E-state index < -0.39 is 0 Å². The lowest BCUT2D eigenvalue weighted by Gasteiger charge is -2.32. The SMILES string of the molecule is CN1C(=O)[C@H]2CC[C@@H]1CN(C(=O)CCCn1cnc3ccccc3c1=O)C2. The van der Waals surface area contributed by atoms with Gasteiger partial charge in [0.15, 0.2) is 0 Å². The van der Waals surface area contributed by atoms with Crippen LogP contribution >= 0.6 is 0 Å². The van der Waals surface area contributed by atoms with Gasteiger partial charge in [-0.2, -0.15) is 0 Å². The number of piperidine rings is 1. The topological polar surface area (TPSA) is 75.5 Å². The number of para-hydroxylation sites is 1. The number of carbonyl (C=O) groups is 2. The molecule has 1 aromatic carbocycles. The molecule has 2 atom stereocenters. The molecule has 7 nitrogen and oxygen atoms in total. The highest BCUT2D eigenvalue weighted by Gasteiger charge is 2.39. The molecular formula is C20H24N4O3. The molecule has 3 aliphatic heterocycles. The quantitative estimate of drug-likeness (QED) is 0.814. The summed E-state index contributed by atoms with van der Waals surface area (Å²) < 4.78 is 1.57. The van der Waals surface area contributed by atoms with Gasteiger partial charge in [0.2, 0.25) is 11.8 Å². The van der Waals surface area contributed by atoms with Crippen molar-refractivity contribution >= 4 is 22.7 Å². The monoisotopic (exact) mass is 368 g/mol. The molecule has 2 bridgehead atoms. The van der Waals surface area contributed by atoms with Crippen molar-refractivity contribution in [1.82, 2.24) is 19.4 Å². The molecule has 3 fully saturated rings. The molecule has 0 unspecified atom stereocenters. The zero-order valence-corrected chi connectivity index (χ0v) is 15.5. The average molecular weight is 368 g/mol. The Bertz CT molecular complexity index is 938. The Morgan fingerprint density at radius 1 is 1.19 bits per heavy atom. The van der Waals surface area contributed by atoms with Crippen LogP contribution in [0, 0.1) is 5.92 Å².